The Bertz CT molecular complexity index is 819. The van der Waals surface area contributed by atoms with Gasteiger partial charge in [-0.15, -0.1) is 0 Å². The highest BCUT2D eigenvalue weighted by Gasteiger charge is 2.25. The Morgan fingerprint density at radius 3 is 2.93 bits per heavy atom. The van der Waals surface area contributed by atoms with E-state index in [9.17, 15) is 9.18 Å². The highest BCUT2D eigenvalue weighted by atomic mass is 19.1. The molecule has 6 nitrogen and oxygen atoms in total. The summed E-state index contributed by atoms with van der Waals surface area (Å²) in [4.78, 5) is 19.1. The summed E-state index contributed by atoms with van der Waals surface area (Å²) in [5.41, 5.74) is 0.726. The van der Waals surface area contributed by atoms with E-state index in [1.807, 2.05) is 4.90 Å². The maximum atomic E-state index is 13.4. The second-order valence-corrected chi connectivity index (χ2v) is 8.13. The van der Waals surface area contributed by atoms with Crippen molar-refractivity contribution >= 4 is 5.91 Å². The molecule has 1 aromatic carbocycles. The molecule has 0 N–H and O–H groups in total. The molecular weight excluding hydrogens is 373 g/mol. The molecule has 0 radical (unpaired) electrons. The molecule has 2 aliphatic heterocycles. The summed E-state index contributed by atoms with van der Waals surface area (Å²) in [5.74, 6) is 2.02. The van der Waals surface area contributed by atoms with E-state index in [0.717, 1.165) is 82.1 Å². The van der Waals surface area contributed by atoms with E-state index in [1.165, 1.54) is 12.1 Å². The molecule has 2 saturated heterocycles. The largest absolute Gasteiger partial charge is 0.381 e. The third-order valence-electron chi connectivity index (χ3n) is 5.95. The van der Waals surface area contributed by atoms with Gasteiger partial charge >= 0.3 is 0 Å². The van der Waals surface area contributed by atoms with Gasteiger partial charge in [0.2, 0.25) is 11.8 Å². The highest BCUT2D eigenvalue weighted by Crippen LogP contribution is 2.26. The Morgan fingerprint density at radius 2 is 2.10 bits per heavy atom. The zero-order valence-corrected chi connectivity index (χ0v) is 16.7. The maximum Gasteiger partial charge on any atom is 0.229 e. The Balaban J connectivity index is 1.26. The van der Waals surface area contributed by atoms with Crippen molar-refractivity contribution in [3.8, 4) is 0 Å². The standard InChI is InChI=1S/C22H28FN3O3/c23-19-5-1-3-17(13-19)14-21(27)26-10-2-4-16(15-26)6-7-20-24-22(29-25-20)18-8-11-28-12-9-18/h1,3,5,13,16,18H,2,4,6-12,14-15H2. The van der Waals surface area contributed by atoms with E-state index in [4.69, 9.17) is 9.26 Å². The Morgan fingerprint density at radius 1 is 1.24 bits per heavy atom. The number of aromatic nitrogens is 2. The number of nitrogens with zero attached hydrogens (tertiary/aromatic N) is 3. The number of carbonyl (C=O) groups is 1. The van der Waals surface area contributed by atoms with Crippen LogP contribution in [0.3, 0.4) is 0 Å². The van der Waals surface area contributed by atoms with Gasteiger partial charge < -0.3 is 14.2 Å². The predicted molar refractivity (Wildman–Crippen MR) is 105 cm³/mol. The second-order valence-electron chi connectivity index (χ2n) is 8.13. The maximum absolute atomic E-state index is 13.4. The van der Waals surface area contributed by atoms with Crippen molar-refractivity contribution in [1.82, 2.24) is 15.0 Å². The molecule has 2 aliphatic rings. The highest BCUT2D eigenvalue weighted by molar-refractivity contribution is 5.78. The average Bonchev–Trinajstić information content (AvgIpc) is 3.22. The monoisotopic (exact) mass is 401 g/mol. The minimum atomic E-state index is -0.299. The third kappa shape index (κ3) is 5.41. The number of piperidine rings is 1. The SMILES string of the molecule is O=C(Cc1cccc(F)c1)N1CCCC(CCc2noc(C3CCOCC3)n2)C1. The minimum absolute atomic E-state index is 0.0710. The van der Waals surface area contributed by atoms with Crippen molar-refractivity contribution in [2.24, 2.45) is 5.92 Å². The molecule has 0 aliphatic carbocycles. The Hall–Kier alpha value is -2.28. The first kappa shape index (κ1) is 20.0. The summed E-state index contributed by atoms with van der Waals surface area (Å²) >= 11 is 0. The van der Waals surface area contributed by atoms with Gasteiger partial charge in [-0.05, 0) is 55.7 Å². The van der Waals surface area contributed by atoms with Gasteiger partial charge in [0.15, 0.2) is 5.82 Å². The lowest BCUT2D eigenvalue weighted by molar-refractivity contribution is -0.132. The fourth-order valence-corrected chi connectivity index (χ4v) is 4.27. The number of hydrogen-bond acceptors (Lipinski definition) is 5. The van der Waals surface area contributed by atoms with E-state index in [-0.39, 0.29) is 18.1 Å². The fourth-order valence-electron chi connectivity index (χ4n) is 4.27. The minimum Gasteiger partial charge on any atom is -0.381 e. The molecule has 4 rings (SSSR count). The van der Waals surface area contributed by atoms with Crippen LogP contribution < -0.4 is 0 Å². The molecule has 2 aromatic rings. The van der Waals surface area contributed by atoms with Crippen LogP contribution in [0.15, 0.2) is 28.8 Å². The molecule has 3 heterocycles. The summed E-state index contributed by atoms with van der Waals surface area (Å²) in [6.07, 6.45) is 5.94. The third-order valence-corrected chi connectivity index (χ3v) is 5.95. The predicted octanol–water partition coefficient (Wildman–Crippen LogP) is 3.52. The zero-order valence-electron chi connectivity index (χ0n) is 16.7. The summed E-state index contributed by atoms with van der Waals surface area (Å²) in [7, 11) is 0. The van der Waals surface area contributed by atoms with E-state index in [1.54, 1.807) is 12.1 Å². The van der Waals surface area contributed by atoms with Crippen LogP contribution in [0, 0.1) is 11.7 Å². The number of benzene rings is 1. The molecule has 1 amide bonds. The summed E-state index contributed by atoms with van der Waals surface area (Å²) in [6.45, 7) is 3.04. The fraction of sp³-hybridized carbons (Fsp3) is 0.591. The first-order valence-electron chi connectivity index (χ1n) is 10.6. The van der Waals surface area contributed by atoms with Gasteiger partial charge in [0, 0.05) is 38.6 Å². The van der Waals surface area contributed by atoms with Crippen LogP contribution in [0.5, 0.6) is 0 Å². The van der Waals surface area contributed by atoms with Gasteiger partial charge in [0.1, 0.15) is 5.82 Å². The van der Waals surface area contributed by atoms with Gasteiger partial charge in [-0.25, -0.2) is 4.39 Å². The van der Waals surface area contributed by atoms with Gasteiger partial charge in [-0.3, -0.25) is 4.79 Å². The summed E-state index contributed by atoms with van der Waals surface area (Å²) < 4.78 is 24.2. The molecule has 156 valence electrons. The summed E-state index contributed by atoms with van der Waals surface area (Å²) in [5, 5.41) is 4.15. The van der Waals surface area contributed by atoms with Crippen molar-refractivity contribution < 1.29 is 18.4 Å². The lowest BCUT2D eigenvalue weighted by Gasteiger charge is -2.32. The first-order valence-corrected chi connectivity index (χ1v) is 10.6. The quantitative estimate of drug-likeness (QED) is 0.741. The Kier molecular flexibility index (Phi) is 6.54. The van der Waals surface area contributed by atoms with Crippen LogP contribution in [-0.4, -0.2) is 47.3 Å². The van der Waals surface area contributed by atoms with Crippen molar-refractivity contribution in [2.75, 3.05) is 26.3 Å². The smallest absolute Gasteiger partial charge is 0.229 e. The molecule has 0 spiro atoms. The first-order chi connectivity index (χ1) is 14.2. The average molecular weight is 401 g/mol. The molecule has 7 heteroatoms. The molecule has 29 heavy (non-hydrogen) atoms. The van der Waals surface area contributed by atoms with Gasteiger partial charge in [-0.2, -0.15) is 4.98 Å². The molecule has 1 unspecified atom stereocenters. The lowest BCUT2D eigenvalue weighted by atomic mass is 9.93. The number of carbonyl (C=O) groups excluding carboxylic acids is 1. The van der Waals surface area contributed by atoms with Crippen molar-refractivity contribution in [1.29, 1.82) is 0 Å². The lowest BCUT2D eigenvalue weighted by Crippen LogP contribution is -2.40. The van der Waals surface area contributed by atoms with Crippen molar-refractivity contribution in [2.45, 2.75) is 50.9 Å². The van der Waals surface area contributed by atoms with Crippen LogP contribution in [0.2, 0.25) is 0 Å². The second kappa shape index (κ2) is 9.48. The van der Waals surface area contributed by atoms with Gasteiger partial charge in [0.05, 0.1) is 6.42 Å². The topological polar surface area (TPSA) is 68.5 Å². The van der Waals surface area contributed by atoms with E-state index in [0.29, 0.717) is 11.8 Å². The van der Waals surface area contributed by atoms with Crippen LogP contribution in [0.4, 0.5) is 4.39 Å². The van der Waals surface area contributed by atoms with Crippen LogP contribution in [-0.2, 0) is 22.4 Å². The molecule has 0 bridgehead atoms. The molecule has 0 saturated carbocycles. The van der Waals surface area contributed by atoms with E-state index >= 15 is 0 Å². The van der Waals surface area contributed by atoms with Gasteiger partial charge in [0.25, 0.3) is 0 Å². The van der Waals surface area contributed by atoms with E-state index < -0.39 is 0 Å². The number of amides is 1. The Labute approximate surface area is 170 Å². The normalized spacial score (nSPS) is 20.7. The van der Waals surface area contributed by atoms with Crippen molar-refractivity contribution in [3.63, 3.8) is 0 Å². The van der Waals surface area contributed by atoms with E-state index in [2.05, 4.69) is 10.1 Å². The number of halogens is 1. The van der Waals surface area contributed by atoms with Gasteiger partial charge in [-0.1, -0.05) is 17.3 Å². The molecular formula is C22H28FN3O3. The molecule has 1 atom stereocenters. The number of hydrogen-bond donors (Lipinski definition) is 0. The number of likely N-dealkylation sites (tertiary alicyclic amines) is 1. The molecule has 2 fully saturated rings. The molecule has 1 aromatic heterocycles. The number of rotatable bonds is 6. The number of ether oxygens (including phenoxy) is 1. The van der Waals surface area contributed by atoms with Crippen LogP contribution in [0.25, 0.3) is 0 Å². The number of aryl methyl sites for hydroxylation is 1. The summed E-state index contributed by atoms with van der Waals surface area (Å²) in [6, 6.07) is 6.28. The zero-order chi connectivity index (χ0) is 20.1. The van der Waals surface area contributed by atoms with Crippen LogP contribution in [0.1, 0.15) is 55.3 Å². The van der Waals surface area contributed by atoms with Crippen LogP contribution >= 0.6 is 0 Å². The van der Waals surface area contributed by atoms with Crippen molar-refractivity contribution in [3.05, 3.63) is 47.4 Å².